The van der Waals surface area contributed by atoms with E-state index >= 15 is 0 Å². The third-order valence-electron chi connectivity index (χ3n) is 2.19. The van der Waals surface area contributed by atoms with E-state index in [-0.39, 0.29) is 0 Å². The summed E-state index contributed by atoms with van der Waals surface area (Å²) >= 11 is 0. The molecule has 1 aromatic rings. The Morgan fingerprint density at radius 3 is 2.71 bits per heavy atom. The maximum absolute atomic E-state index is 5.73. The van der Waals surface area contributed by atoms with Gasteiger partial charge in [-0.15, -0.1) is 0 Å². The third-order valence-corrected chi connectivity index (χ3v) is 2.19. The van der Waals surface area contributed by atoms with Gasteiger partial charge in [0.05, 0.1) is 6.20 Å². The second-order valence-electron chi connectivity index (χ2n) is 5.01. The van der Waals surface area contributed by atoms with Crippen molar-refractivity contribution in [1.29, 1.82) is 0 Å². The van der Waals surface area contributed by atoms with E-state index in [1.165, 1.54) is 6.42 Å². The van der Waals surface area contributed by atoms with Crippen LogP contribution >= 0.6 is 0 Å². The molecule has 17 heavy (non-hydrogen) atoms. The first-order valence-corrected chi connectivity index (χ1v) is 6.46. The summed E-state index contributed by atoms with van der Waals surface area (Å²) in [5, 5.41) is 3.31. The first-order valence-electron chi connectivity index (χ1n) is 6.46. The van der Waals surface area contributed by atoms with Gasteiger partial charge in [-0.05, 0) is 37.4 Å². The predicted octanol–water partition coefficient (Wildman–Crippen LogP) is 2.87. The van der Waals surface area contributed by atoms with Crippen LogP contribution < -0.4 is 10.1 Å². The molecule has 3 heteroatoms. The summed E-state index contributed by atoms with van der Waals surface area (Å²) in [6.07, 6.45) is 6.17. The Morgan fingerprint density at radius 1 is 1.41 bits per heavy atom. The molecule has 0 radical (unpaired) electrons. The number of hydrogen-bond donors (Lipinski definition) is 1. The molecular weight excluding hydrogens is 212 g/mol. The summed E-state index contributed by atoms with van der Waals surface area (Å²) < 4.78 is 5.73. The highest BCUT2D eigenvalue weighted by molar-refractivity contribution is 5.15. The molecule has 0 aliphatic carbocycles. The predicted molar refractivity (Wildman–Crippen MR) is 71.3 cm³/mol. The molecule has 0 aromatic carbocycles. The lowest BCUT2D eigenvalue weighted by molar-refractivity contribution is 0.166. The van der Waals surface area contributed by atoms with E-state index < -0.39 is 0 Å². The minimum absolute atomic E-state index is 0.318. The Morgan fingerprint density at radius 2 is 2.18 bits per heavy atom. The van der Waals surface area contributed by atoms with Gasteiger partial charge in [0.15, 0.2) is 0 Å². The monoisotopic (exact) mass is 236 g/mol. The van der Waals surface area contributed by atoms with Crippen LogP contribution in [0, 0.1) is 5.92 Å². The molecule has 1 unspecified atom stereocenters. The van der Waals surface area contributed by atoms with E-state index in [1.54, 1.807) is 12.4 Å². The number of rotatable bonds is 2. The second-order valence-corrected chi connectivity index (χ2v) is 5.01. The highest BCUT2D eigenvalue weighted by atomic mass is 16.5. The van der Waals surface area contributed by atoms with Gasteiger partial charge in [0, 0.05) is 12.7 Å². The van der Waals surface area contributed by atoms with E-state index in [1.807, 2.05) is 12.1 Å². The summed E-state index contributed by atoms with van der Waals surface area (Å²) in [6, 6.07) is 3.84. The SMILES string of the molecule is CC(C)C.c1cncc(OC2CCCNC2)c1. The third kappa shape index (κ3) is 6.95. The first-order chi connectivity index (χ1) is 8.18. The minimum Gasteiger partial charge on any atom is -0.487 e. The fourth-order valence-electron chi connectivity index (χ4n) is 1.53. The molecule has 1 aliphatic rings. The smallest absolute Gasteiger partial charge is 0.138 e. The summed E-state index contributed by atoms with van der Waals surface area (Å²) in [5.74, 6) is 1.70. The summed E-state index contributed by atoms with van der Waals surface area (Å²) in [7, 11) is 0. The van der Waals surface area contributed by atoms with Crippen LogP contribution in [0.3, 0.4) is 0 Å². The molecule has 1 fully saturated rings. The van der Waals surface area contributed by atoms with E-state index in [4.69, 9.17) is 4.74 Å². The quantitative estimate of drug-likeness (QED) is 0.857. The van der Waals surface area contributed by atoms with Crippen LogP contribution in [-0.4, -0.2) is 24.2 Å². The highest BCUT2D eigenvalue weighted by Gasteiger charge is 2.13. The topological polar surface area (TPSA) is 34.1 Å². The fraction of sp³-hybridized carbons (Fsp3) is 0.643. The van der Waals surface area contributed by atoms with E-state index in [0.717, 1.165) is 31.2 Å². The maximum Gasteiger partial charge on any atom is 0.138 e. The molecule has 0 saturated carbocycles. The number of aromatic nitrogens is 1. The number of pyridine rings is 1. The number of nitrogens with one attached hydrogen (secondary N) is 1. The normalized spacial score (nSPS) is 19.4. The van der Waals surface area contributed by atoms with Crippen LogP contribution in [0.2, 0.25) is 0 Å². The Kier molecular flexibility index (Phi) is 6.63. The van der Waals surface area contributed by atoms with Crippen molar-refractivity contribution in [3.05, 3.63) is 24.5 Å². The lowest BCUT2D eigenvalue weighted by Crippen LogP contribution is -2.37. The lowest BCUT2D eigenvalue weighted by Gasteiger charge is -2.23. The zero-order chi connectivity index (χ0) is 12.5. The van der Waals surface area contributed by atoms with Gasteiger partial charge < -0.3 is 10.1 Å². The van der Waals surface area contributed by atoms with Crippen molar-refractivity contribution in [3.63, 3.8) is 0 Å². The van der Waals surface area contributed by atoms with E-state index in [0.29, 0.717) is 6.10 Å². The molecule has 2 rings (SSSR count). The van der Waals surface area contributed by atoms with Crippen LogP contribution in [-0.2, 0) is 0 Å². The van der Waals surface area contributed by atoms with Gasteiger partial charge in [0.2, 0.25) is 0 Å². The summed E-state index contributed by atoms with van der Waals surface area (Å²) in [6.45, 7) is 8.57. The Bertz CT molecular complexity index is 279. The standard InChI is InChI=1S/C10H14N2O.C4H10/c1-3-9(7-11-5-1)13-10-4-2-6-12-8-10;1-4(2)3/h1,3,5,7,10,12H,2,4,6,8H2;4H,1-3H3. The van der Waals surface area contributed by atoms with Gasteiger partial charge in [-0.2, -0.15) is 0 Å². The molecule has 1 aliphatic heterocycles. The second kappa shape index (κ2) is 8.07. The van der Waals surface area contributed by atoms with Crippen molar-refractivity contribution in [2.45, 2.75) is 39.7 Å². The molecule has 0 amide bonds. The Labute approximate surface area is 105 Å². The average Bonchev–Trinajstić information content (AvgIpc) is 2.31. The molecule has 0 bridgehead atoms. The van der Waals surface area contributed by atoms with Crippen molar-refractivity contribution in [1.82, 2.24) is 10.3 Å². The zero-order valence-electron chi connectivity index (χ0n) is 11.1. The molecule has 1 N–H and O–H groups in total. The number of hydrogen-bond acceptors (Lipinski definition) is 3. The number of piperidine rings is 1. The van der Waals surface area contributed by atoms with E-state index in [2.05, 4.69) is 31.1 Å². The highest BCUT2D eigenvalue weighted by Crippen LogP contribution is 2.13. The van der Waals surface area contributed by atoms with Crippen LogP contribution in [0.1, 0.15) is 33.6 Å². The van der Waals surface area contributed by atoms with Gasteiger partial charge in [-0.3, -0.25) is 4.98 Å². The molecule has 96 valence electrons. The molecule has 2 heterocycles. The average molecular weight is 236 g/mol. The van der Waals surface area contributed by atoms with Gasteiger partial charge in [-0.25, -0.2) is 0 Å². The maximum atomic E-state index is 5.73. The van der Waals surface area contributed by atoms with Crippen LogP contribution in [0.4, 0.5) is 0 Å². The lowest BCUT2D eigenvalue weighted by atomic mass is 10.1. The molecule has 0 spiro atoms. The zero-order valence-corrected chi connectivity index (χ0v) is 11.1. The first kappa shape index (κ1) is 14.0. The number of nitrogens with zero attached hydrogens (tertiary/aromatic N) is 1. The van der Waals surface area contributed by atoms with Crippen molar-refractivity contribution in [2.75, 3.05) is 13.1 Å². The summed E-state index contributed by atoms with van der Waals surface area (Å²) in [4.78, 5) is 4.00. The van der Waals surface area contributed by atoms with Crippen LogP contribution in [0.15, 0.2) is 24.5 Å². The number of ether oxygens (including phenoxy) is 1. The van der Waals surface area contributed by atoms with Crippen molar-refractivity contribution in [3.8, 4) is 5.75 Å². The van der Waals surface area contributed by atoms with Crippen LogP contribution in [0.25, 0.3) is 0 Å². The Hall–Kier alpha value is -1.09. The van der Waals surface area contributed by atoms with Gasteiger partial charge in [0.1, 0.15) is 11.9 Å². The van der Waals surface area contributed by atoms with E-state index in [9.17, 15) is 0 Å². The largest absolute Gasteiger partial charge is 0.487 e. The summed E-state index contributed by atoms with van der Waals surface area (Å²) in [5.41, 5.74) is 0. The van der Waals surface area contributed by atoms with Gasteiger partial charge >= 0.3 is 0 Å². The molecule has 1 saturated heterocycles. The molecular formula is C14H24N2O. The molecule has 1 atom stereocenters. The van der Waals surface area contributed by atoms with Crippen molar-refractivity contribution >= 4 is 0 Å². The molecule has 3 nitrogen and oxygen atoms in total. The van der Waals surface area contributed by atoms with Crippen LogP contribution in [0.5, 0.6) is 5.75 Å². The fourth-order valence-corrected chi connectivity index (χ4v) is 1.53. The minimum atomic E-state index is 0.318. The molecule has 1 aromatic heterocycles. The van der Waals surface area contributed by atoms with Crippen molar-refractivity contribution < 1.29 is 4.74 Å². The Balaban J connectivity index is 0.000000317. The van der Waals surface area contributed by atoms with Gasteiger partial charge in [0.25, 0.3) is 0 Å². The van der Waals surface area contributed by atoms with Gasteiger partial charge in [-0.1, -0.05) is 20.8 Å². The van der Waals surface area contributed by atoms with Crippen molar-refractivity contribution in [2.24, 2.45) is 5.92 Å².